The lowest BCUT2D eigenvalue weighted by Gasteiger charge is -2.21. The topological polar surface area (TPSA) is 59.8 Å². The predicted octanol–water partition coefficient (Wildman–Crippen LogP) is 2.69. The Labute approximate surface area is 123 Å². The number of hydrogen-bond donors (Lipinski definition) is 1. The molecule has 2 aromatic rings. The van der Waals surface area contributed by atoms with Gasteiger partial charge in [0.15, 0.2) is 5.82 Å². The van der Waals surface area contributed by atoms with Crippen molar-refractivity contribution in [3.63, 3.8) is 0 Å². The molecular formula is C14H17ClN4O. The van der Waals surface area contributed by atoms with Gasteiger partial charge in [0, 0.05) is 18.5 Å². The molecule has 0 fully saturated rings. The second kappa shape index (κ2) is 5.63. The van der Waals surface area contributed by atoms with Crippen molar-refractivity contribution in [1.29, 1.82) is 0 Å². The SMILES string of the molecule is Cn1cnnc1-c1ccccc1NC(=O)C(C)(C)CCl. The molecule has 0 atom stereocenters. The number of carbonyl (C=O) groups excluding carboxylic acids is 1. The Morgan fingerprint density at radius 3 is 2.70 bits per heavy atom. The van der Waals surface area contributed by atoms with Gasteiger partial charge in [-0.05, 0) is 26.0 Å². The Morgan fingerprint density at radius 1 is 1.40 bits per heavy atom. The van der Waals surface area contributed by atoms with E-state index >= 15 is 0 Å². The Hall–Kier alpha value is -1.88. The Bertz CT molecular complexity index is 621. The zero-order chi connectivity index (χ0) is 14.8. The number of amides is 1. The van der Waals surface area contributed by atoms with Gasteiger partial charge in [0.25, 0.3) is 0 Å². The number of hydrogen-bond acceptors (Lipinski definition) is 3. The quantitative estimate of drug-likeness (QED) is 0.882. The van der Waals surface area contributed by atoms with Crippen molar-refractivity contribution in [2.24, 2.45) is 12.5 Å². The van der Waals surface area contributed by atoms with Crippen LogP contribution < -0.4 is 5.32 Å². The van der Waals surface area contributed by atoms with Crippen molar-refractivity contribution < 1.29 is 4.79 Å². The lowest BCUT2D eigenvalue weighted by molar-refractivity contribution is -0.122. The molecule has 0 bridgehead atoms. The number of aryl methyl sites for hydroxylation is 1. The molecule has 20 heavy (non-hydrogen) atoms. The summed E-state index contributed by atoms with van der Waals surface area (Å²) < 4.78 is 1.80. The minimum absolute atomic E-state index is 0.123. The number of nitrogens with one attached hydrogen (secondary N) is 1. The van der Waals surface area contributed by atoms with E-state index in [0.29, 0.717) is 11.5 Å². The summed E-state index contributed by atoms with van der Waals surface area (Å²) in [4.78, 5) is 12.2. The number of carbonyl (C=O) groups is 1. The van der Waals surface area contributed by atoms with Crippen LogP contribution in [0.1, 0.15) is 13.8 Å². The lowest BCUT2D eigenvalue weighted by Crippen LogP contribution is -2.32. The molecule has 0 aliphatic rings. The fourth-order valence-electron chi connectivity index (χ4n) is 1.67. The standard InChI is InChI=1S/C14H17ClN4O/c1-14(2,8-15)13(20)17-11-7-5-4-6-10(11)12-18-16-9-19(12)3/h4-7,9H,8H2,1-3H3,(H,17,20). The maximum Gasteiger partial charge on any atom is 0.231 e. The maximum absolute atomic E-state index is 12.2. The Kier molecular flexibility index (Phi) is 4.09. The highest BCUT2D eigenvalue weighted by Gasteiger charge is 2.27. The summed E-state index contributed by atoms with van der Waals surface area (Å²) in [6.07, 6.45) is 1.62. The number of alkyl halides is 1. The molecule has 0 aliphatic carbocycles. The number of halogens is 1. The zero-order valence-electron chi connectivity index (χ0n) is 11.7. The van der Waals surface area contributed by atoms with Crippen molar-refractivity contribution in [3.8, 4) is 11.4 Å². The summed E-state index contributed by atoms with van der Waals surface area (Å²) in [5, 5.41) is 10.8. The Balaban J connectivity index is 2.35. The number of rotatable bonds is 4. The molecule has 6 heteroatoms. The Morgan fingerprint density at radius 2 is 2.10 bits per heavy atom. The van der Waals surface area contributed by atoms with E-state index in [1.165, 1.54) is 0 Å². The van der Waals surface area contributed by atoms with E-state index in [-0.39, 0.29) is 11.8 Å². The van der Waals surface area contributed by atoms with Crippen LogP contribution in [0.5, 0.6) is 0 Å². The molecule has 0 saturated heterocycles. The van der Waals surface area contributed by atoms with Crippen molar-refractivity contribution >= 4 is 23.2 Å². The number of benzene rings is 1. The van der Waals surface area contributed by atoms with Crippen LogP contribution in [-0.2, 0) is 11.8 Å². The molecule has 1 amide bonds. The molecule has 0 saturated carbocycles. The summed E-state index contributed by atoms with van der Waals surface area (Å²) in [5.74, 6) is 0.831. The van der Waals surface area contributed by atoms with Crippen LogP contribution in [-0.4, -0.2) is 26.6 Å². The van der Waals surface area contributed by atoms with Gasteiger partial charge in [0.05, 0.1) is 11.1 Å². The molecule has 1 aromatic carbocycles. The van der Waals surface area contributed by atoms with Crippen LogP contribution in [0, 0.1) is 5.41 Å². The van der Waals surface area contributed by atoms with Gasteiger partial charge in [0.2, 0.25) is 5.91 Å². The third kappa shape index (κ3) is 2.82. The average molecular weight is 293 g/mol. The van der Waals surface area contributed by atoms with E-state index in [9.17, 15) is 4.79 Å². The highest BCUT2D eigenvalue weighted by molar-refractivity contribution is 6.20. The molecule has 0 radical (unpaired) electrons. The summed E-state index contributed by atoms with van der Waals surface area (Å²) in [6.45, 7) is 3.61. The van der Waals surface area contributed by atoms with Gasteiger partial charge in [-0.15, -0.1) is 21.8 Å². The molecule has 5 nitrogen and oxygen atoms in total. The van der Waals surface area contributed by atoms with E-state index in [2.05, 4.69) is 15.5 Å². The first-order chi connectivity index (χ1) is 9.45. The molecule has 0 unspecified atom stereocenters. The van der Waals surface area contributed by atoms with Crippen LogP contribution in [0.3, 0.4) is 0 Å². The third-order valence-corrected chi connectivity index (χ3v) is 3.74. The van der Waals surface area contributed by atoms with Crippen LogP contribution in [0.25, 0.3) is 11.4 Å². The first kappa shape index (κ1) is 14.5. The van der Waals surface area contributed by atoms with Crippen LogP contribution in [0.2, 0.25) is 0 Å². The molecule has 1 heterocycles. The largest absolute Gasteiger partial charge is 0.325 e. The second-order valence-electron chi connectivity index (χ2n) is 5.28. The molecule has 1 N–H and O–H groups in total. The average Bonchev–Trinajstić information content (AvgIpc) is 2.85. The van der Waals surface area contributed by atoms with Gasteiger partial charge < -0.3 is 9.88 Å². The van der Waals surface area contributed by atoms with E-state index in [1.807, 2.05) is 31.3 Å². The number of anilines is 1. The lowest BCUT2D eigenvalue weighted by atomic mass is 9.95. The zero-order valence-corrected chi connectivity index (χ0v) is 12.5. The minimum atomic E-state index is -0.630. The molecule has 2 rings (SSSR count). The number of nitrogens with zero attached hydrogens (tertiary/aromatic N) is 3. The second-order valence-corrected chi connectivity index (χ2v) is 5.55. The predicted molar refractivity (Wildman–Crippen MR) is 79.6 cm³/mol. The van der Waals surface area contributed by atoms with Crippen LogP contribution in [0.15, 0.2) is 30.6 Å². The maximum atomic E-state index is 12.2. The molecular weight excluding hydrogens is 276 g/mol. The molecule has 0 spiro atoms. The minimum Gasteiger partial charge on any atom is -0.325 e. The normalized spacial score (nSPS) is 11.4. The van der Waals surface area contributed by atoms with Gasteiger partial charge in [-0.3, -0.25) is 4.79 Å². The van der Waals surface area contributed by atoms with Crippen molar-refractivity contribution in [2.45, 2.75) is 13.8 Å². The molecule has 106 valence electrons. The summed E-state index contributed by atoms with van der Waals surface area (Å²) >= 11 is 5.83. The third-order valence-electron chi connectivity index (χ3n) is 3.08. The molecule has 1 aromatic heterocycles. The highest BCUT2D eigenvalue weighted by atomic mass is 35.5. The van der Waals surface area contributed by atoms with E-state index in [4.69, 9.17) is 11.6 Å². The number of aromatic nitrogens is 3. The fraction of sp³-hybridized carbons (Fsp3) is 0.357. The van der Waals surface area contributed by atoms with Gasteiger partial charge in [-0.1, -0.05) is 12.1 Å². The molecule has 0 aliphatic heterocycles. The van der Waals surface area contributed by atoms with Crippen LogP contribution >= 0.6 is 11.6 Å². The fourth-order valence-corrected chi connectivity index (χ4v) is 1.79. The van der Waals surface area contributed by atoms with Gasteiger partial charge >= 0.3 is 0 Å². The monoisotopic (exact) mass is 292 g/mol. The van der Waals surface area contributed by atoms with E-state index in [1.54, 1.807) is 24.7 Å². The van der Waals surface area contributed by atoms with Crippen molar-refractivity contribution in [3.05, 3.63) is 30.6 Å². The van der Waals surface area contributed by atoms with Gasteiger partial charge in [-0.25, -0.2) is 0 Å². The first-order valence-corrected chi connectivity index (χ1v) is 6.80. The van der Waals surface area contributed by atoms with Crippen LogP contribution in [0.4, 0.5) is 5.69 Å². The summed E-state index contributed by atoms with van der Waals surface area (Å²) in [6, 6.07) is 7.50. The van der Waals surface area contributed by atoms with Gasteiger partial charge in [-0.2, -0.15) is 0 Å². The number of para-hydroxylation sites is 1. The van der Waals surface area contributed by atoms with E-state index < -0.39 is 5.41 Å². The van der Waals surface area contributed by atoms with Gasteiger partial charge in [0.1, 0.15) is 6.33 Å². The smallest absolute Gasteiger partial charge is 0.231 e. The highest BCUT2D eigenvalue weighted by Crippen LogP contribution is 2.28. The first-order valence-electron chi connectivity index (χ1n) is 6.26. The van der Waals surface area contributed by atoms with E-state index in [0.717, 1.165) is 5.56 Å². The summed E-state index contributed by atoms with van der Waals surface area (Å²) in [7, 11) is 1.86. The summed E-state index contributed by atoms with van der Waals surface area (Å²) in [5.41, 5.74) is 0.896. The van der Waals surface area contributed by atoms with Crippen molar-refractivity contribution in [1.82, 2.24) is 14.8 Å². The van der Waals surface area contributed by atoms with Crippen molar-refractivity contribution in [2.75, 3.05) is 11.2 Å².